The molecule has 0 aliphatic heterocycles. The van der Waals surface area contributed by atoms with E-state index in [2.05, 4.69) is 0 Å². The fourth-order valence-corrected chi connectivity index (χ4v) is 6.88. The van der Waals surface area contributed by atoms with E-state index in [1.807, 2.05) is 42.5 Å². The summed E-state index contributed by atoms with van der Waals surface area (Å²) in [5, 5.41) is 0. The zero-order valence-electron chi connectivity index (χ0n) is 30.8. The fourth-order valence-electron chi connectivity index (χ4n) is 6.88. The van der Waals surface area contributed by atoms with Crippen molar-refractivity contribution in [3.63, 3.8) is 0 Å². The molecule has 0 aromatic heterocycles. The average molecular weight is 831 g/mol. The van der Waals surface area contributed by atoms with Crippen LogP contribution in [0.5, 0.6) is 0 Å². The molecule has 5 nitrogen and oxygen atoms in total. The Balaban J connectivity index is 1.80. The van der Waals surface area contributed by atoms with Gasteiger partial charge in [-0.2, -0.15) is 57.1 Å². The Kier molecular flexibility index (Phi) is 17.2. The van der Waals surface area contributed by atoms with Gasteiger partial charge in [0.15, 0.2) is 0 Å². The number of halogens is 13. The summed E-state index contributed by atoms with van der Waals surface area (Å²) in [7, 11) is 1.55. The van der Waals surface area contributed by atoms with Gasteiger partial charge in [-0.1, -0.05) is 54.6 Å². The van der Waals surface area contributed by atoms with Crippen molar-refractivity contribution >= 4 is 6.08 Å². The minimum Gasteiger partial charge on any atom is -0.502 e. The van der Waals surface area contributed by atoms with E-state index < -0.39 is 66.4 Å². The molecule has 6 unspecified atom stereocenters. The Morgan fingerprint density at radius 1 is 0.589 bits per heavy atom. The predicted octanol–water partition coefficient (Wildman–Crippen LogP) is 10.5. The van der Waals surface area contributed by atoms with Crippen LogP contribution >= 0.6 is 0 Å². The number of allylic oxidation sites excluding steroid dienone is 4. The van der Waals surface area contributed by atoms with Crippen molar-refractivity contribution in [1.82, 2.24) is 0 Å². The van der Waals surface area contributed by atoms with Gasteiger partial charge in [-0.25, -0.2) is 0 Å². The van der Waals surface area contributed by atoms with Crippen LogP contribution in [0.1, 0.15) is 38.2 Å². The molecule has 0 heterocycles. The standard InChI is InChI=1S/C38H47F13O5/c1-3-53-14-13-30-22-28(24-32(30)33(39,40)34(41,42)35(43,44)36(45,46)37(47,48)38(49,50)51)11-12-29-21-27(10-9-26-7-5-4-6-8-26)23-31(29)25-56-20-19-55-18-17-54-16-15-52-2/h4-14,27-32H,3,15-25H2,1-2H3/b10-9-,12-11+,14-13-. The minimum atomic E-state index is -7.95. The van der Waals surface area contributed by atoms with Crippen LogP contribution in [0.4, 0.5) is 57.1 Å². The summed E-state index contributed by atoms with van der Waals surface area (Å²) in [6.07, 6.45) is 0.960. The molecule has 6 atom stereocenters. The highest BCUT2D eigenvalue weighted by Gasteiger charge is 2.91. The summed E-state index contributed by atoms with van der Waals surface area (Å²) in [5.41, 5.74) is 0.939. The van der Waals surface area contributed by atoms with Gasteiger partial charge in [0, 0.05) is 13.0 Å². The van der Waals surface area contributed by atoms with Crippen molar-refractivity contribution in [2.24, 2.45) is 35.5 Å². The maximum atomic E-state index is 15.5. The van der Waals surface area contributed by atoms with E-state index in [4.69, 9.17) is 23.7 Å². The number of rotatable bonds is 23. The van der Waals surface area contributed by atoms with E-state index in [-0.39, 0.29) is 44.2 Å². The van der Waals surface area contributed by atoms with Crippen LogP contribution in [0.2, 0.25) is 0 Å². The van der Waals surface area contributed by atoms with Gasteiger partial charge < -0.3 is 23.7 Å². The van der Waals surface area contributed by atoms with Gasteiger partial charge >= 0.3 is 35.8 Å². The largest absolute Gasteiger partial charge is 0.502 e. The number of alkyl halides is 13. The van der Waals surface area contributed by atoms with Crippen LogP contribution in [0.25, 0.3) is 6.08 Å². The van der Waals surface area contributed by atoms with Gasteiger partial charge in [0.1, 0.15) is 0 Å². The topological polar surface area (TPSA) is 46.2 Å². The molecule has 56 heavy (non-hydrogen) atoms. The maximum Gasteiger partial charge on any atom is 0.460 e. The Hall–Kier alpha value is -2.83. The van der Waals surface area contributed by atoms with Gasteiger partial charge in [0.25, 0.3) is 0 Å². The molecule has 1 aromatic rings. The van der Waals surface area contributed by atoms with Crippen LogP contribution in [0.15, 0.2) is 60.9 Å². The van der Waals surface area contributed by atoms with Gasteiger partial charge in [-0.3, -0.25) is 0 Å². The highest BCUT2D eigenvalue weighted by atomic mass is 19.4. The number of methoxy groups -OCH3 is 1. The average Bonchev–Trinajstić information content (AvgIpc) is 3.74. The molecule has 2 fully saturated rings. The molecular weight excluding hydrogens is 783 g/mol. The third-order valence-electron chi connectivity index (χ3n) is 9.94. The van der Waals surface area contributed by atoms with Crippen LogP contribution in [0.3, 0.4) is 0 Å². The second-order valence-corrected chi connectivity index (χ2v) is 13.8. The molecule has 18 heteroatoms. The Morgan fingerprint density at radius 2 is 1.14 bits per heavy atom. The van der Waals surface area contributed by atoms with Crippen molar-refractivity contribution in [2.45, 2.75) is 68.4 Å². The lowest BCUT2D eigenvalue weighted by molar-refractivity contribution is -0.443. The summed E-state index contributed by atoms with van der Waals surface area (Å²) in [5.74, 6) is -43.1. The van der Waals surface area contributed by atoms with Gasteiger partial charge in [0.2, 0.25) is 0 Å². The minimum absolute atomic E-state index is 0.0268. The van der Waals surface area contributed by atoms with Crippen LogP contribution in [0, 0.1) is 35.5 Å². The molecule has 2 aliphatic carbocycles. The molecule has 0 N–H and O–H groups in total. The molecule has 2 aliphatic rings. The van der Waals surface area contributed by atoms with E-state index in [9.17, 15) is 48.3 Å². The normalized spacial score (nSPS) is 24.7. The lowest BCUT2D eigenvalue weighted by atomic mass is 9.82. The first-order valence-electron chi connectivity index (χ1n) is 18.0. The second kappa shape index (κ2) is 20.2. The maximum absolute atomic E-state index is 15.5. The van der Waals surface area contributed by atoms with E-state index in [1.54, 1.807) is 13.2 Å². The zero-order valence-corrected chi connectivity index (χ0v) is 30.8. The smallest absolute Gasteiger partial charge is 0.460 e. The molecule has 0 amide bonds. The molecule has 320 valence electrons. The molecular formula is C38H47F13O5. The lowest BCUT2D eigenvalue weighted by Crippen LogP contribution is -2.71. The first kappa shape index (κ1) is 47.5. The Morgan fingerprint density at radius 3 is 1.73 bits per heavy atom. The van der Waals surface area contributed by atoms with Crippen molar-refractivity contribution < 1.29 is 80.8 Å². The van der Waals surface area contributed by atoms with Gasteiger partial charge in [0.05, 0.1) is 59.1 Å². The summed E-state index contributed by atoms with van der Waals surface area (Å²) >= 11 is 0. The van der Waals surface area contributed by atoms with Gasteiger partial charge in [-0.05, 0) is 73.8 Å². The van der Waals surface area contributed by atoms with Crippen LogP contribution in [-0.2, 0) is 23.7 Å². The molecule has 0 spiro atoms. The number of benzene rings is 1. The second-order valence-electron chi connectivity index (χ2n) is 13.8. The summed E-state index contributed by atoms with van der Waals surface area (Å²) in [6.45, 7) is 3.69. The number of hydrogen-bond donors (Lipinski definition) is 0. The highest BCUT2D eigenvalue weighted by molar-refractivity contribution is 5.49. The van der Waals surface area contributed by atoms with E-state index in [1.165, 1.54) is 13.0 Å². The molecule has 1 aromatic carbocycles. The third kappa shape index (κ3) is 11.2. The van der Waals surface area contributed by atoms with Crippen molar-refractivity contribution in [3.8, 4) is 0 Å². The van der Waals surface area contributed by atoms with E-state index in [0.717, 1.165) is 17.9 Å². The molecule has 0 radical (unpaired) electrons. The van der Waals surface area contributed by atoms with Crippen LogP contribution in [-0.4, -0.2) is 95.8 Å². The molecule has 2 saturated carbocycles. The van der Waals surface area contributed by atoms with Crippen LogP contribution < -0.4 is 0 Å². The first-order chi connectivity index (χ1) is 26.2. The quantitative estimate of drug-likeness (QED) is 0.0476. The monoisotopic (exact) mass is 830 g/mol. The number of hydrogen-bond acceptors (Lipinski definition) is 5. The number of ether oxygens (including phenoxy) is 5. The summed E-state index contributed by atoms with van der Waals surface area (Å²) in [6, 6.07) is 9.38. The summed E-state index contributed by atoms with van der Waals surface area (Å²) in [4.78, 5) is 0. The summed E-state index contributed by atoms with van der Waals surface area (Å²) < 4.78 is 209. The lowest BCUT2D eigenvalue weighted by Gasteiger charge is -2.42. The predicted molar refractivity (Wildman–Crippen MR) is 180 cm³/mol. The Labute approximate surface area is 317 Å². The van der Waals surface area contributed by atoms with E-state index in [0.29, 0.717) is 39.3 Å². The third-order valence-corrected chi connectivity index (χ3v) is 9.94. The van der Waals surface area contributed by atoms with Crippen molar-refractivity contribution in [1.29, 1.82) is 0 Å². The first-order valence-corrected chi connectivity index (χ1v) is 18.0. The fraction of sp³-hybridized carbons (Fsp3) is 0.684. The zero-order chi connectivity index (χ0) is 41.8. The molecule has 3 rings (SSSR count). The SMILES string of the molecule is CCO/C=C\C1CC(/C=C/C2CC(/C=C\c3ccccc3)CC2COCCOCCOCCOC)CC1C(F)(F)C(F)(F)C(F)(F)C(F)(F)C(F)(F)C(F)(F)F. The van der Waals surface area contributed by atoms with Gasteiger partial charge in [-0.15, -0.1) is 0 Å². The van der Waals surface area contributed by atoms with Crippen molar-refractivity contribution in [2.75, 3.05) is 60.0 Å². The highest BCUT2D eigenvalue weighted by Crippen LogP contribution is 2.63. The van der Waals surface area contributed by atoms with E-state index >= 15 is 8.78 Å². The molecule has 0 bridgehead atoms. The molecule has 0 saturated heterocycles. The van der Waals surface area contributed by atoms with Crippen molar-refractivity contribution in [3.05, 3.63) is 66.5 Å². The Bertz CT molecular complexity index is 1400.